The monoisotopic (exact) mass is 448 g/mol. The summed E-state index contributed by atoms with van der Waals surface area (Å²) in [4.78, 5) is 12.3. The van der Waals surface area contributed by atoms with E-state index in [0.717, 1.165) is 20.1 Å². The van der Waals surface area contributed by atoms with E-state index in [1.54, 1.807) is 0 Å². The minimum absolute atomic E-state index is 0.0180. The third-order valence-electron chi connectivity index (χ3n) is 3.44. The van der Waals surface area contributed by atoms with Crippen molar-refractivity contribution >= 4 is 55.8 Å². The first kappa shape index (κ1) is 18.9. The van der Waals surface area contributed by atoms with Crippen LogP contribution >= 0.6 is 39.0 Å². The van der Waals surface area contributed by atoms with E-state index in [4.69, 9.17) is 0 Å². The first-order valence-corrected chi connectivity index (χ1v) is 10.4. The van der Waals surface area contributed by atoms with Gasteiger partial charge in [0.25, 0.3) is 0 Å². The SMILES string of the molecule is CC(Sc1nnc(Nc2cccc(Br)c2)s1)C(=O)NCc1ccccc1. The zero-order valence-electron chi connectivity index (χ0n) is 14.0. The van der Waals surface area contributed by atoms with Gasteiger partial charge in [-0.3, -0.25) is 4.79 Å². The Morgan fingerprint density at radius 2 is 2.00 bits per heavy atom. The van der Waals surface area contributed by atoms with Crippen LogP contribution in [-0.2, 0) is 11.3 Å². The summed E-state index contributed by atoms with van der Waals surface area (Å²) in [5.74, 6) is -0.0180. The molecule has 8 heteroatoms. The second-order valence-electron chi connectivity index (χ2n) is 5.47. The van der Waals surface area contributed by atoms with Gasteiger partial charge in [-0.05, 0) is 30.7 Å². The van der Waals surface area contributed by atoms with Gasteiger partial charge in [-0.25, -0.2) is 0 Å². The minimum atomic E-state index is -0.245. The van der Waals surface area contributed by atoms with Crippen LogP contribution in [0.2, 0.25) is 0 Å². The lowest BCUT2D eigenvalue weighted by Gasteiger charge is -2.10. The molecule has 0 aliphatic rings. The predicted molar refractivity (Wildman–Crippen MR) is 111 cm³/mol. The summed E-state index contributed by atoms with van der Waals surface area (Å²) in [6, 6.07) is 17.7. The van der Waals surface area contributed by atoms with Crippen LogP contribution in [0.5, 0.6) is 0 Å². The minimum Gasteiger partial charge on any atom is -0.351 e. The zero-order valence-corrected chi connectivity index (χ0v) is 17.2. The molecule has 1 atom stereocenters. The van der Waals surface area contributed by atoms with Crippen LogP contribution in [0.3, 0.4) is 0 Å². The molecule has 0 fully saturated rings. The summed E-state index contributed by atoms with van der Waals surface area (Å²) < 4.78 is 1.75. The quantitative estimate of drug-likeness (QED) is 0.506. The van der Waals surface area contributed by atoms with Gasteiger partial charge in [0.1, 0.15) is 0 Å². The highest BCUT2D eigenvalue weighted by atomic mass is 79.9. The van der Waals surface area contributed by atoms with E-state index < -0.39 is 0 Å². The second-order valence-corrected chi connectivity index (χ2v) is 8.95. The topological polar surface area (TPSA) is 66.9 Å². The lowest BCUT2D eigenvalue weighted by molar-refractivity contribution is -0.120. The number of halogens is 1. The average molecular weight is 449 g/mol. The van der Waals surface area contributed by atoms with Gasteiger partial charge in [0.15, 0.2) is 4.34 Å². The number of thioether (sulfide) groups is 1. The Hall–Kier alpha value is -1.90. The second kappa shape index (κ2) is 9.16. The van der Waals surface area contributed by atoms with Crippen LogP contribution < -0.4 is 10.6 Å². The number of hydrogen-bond acceptors (Lipinski definition) is 6. The van der Waals surface area contributed by atoms with Crippen molar-refractivity contribution in [1.29, 1.82) is 0 Å². The lowest BCUT2D eigenvalue weighted by Crippen LogP contribution is -2.30. The molecule has 5 nitrogen and oxygen atoms in total. The smallest absolute Gasteiger partial charge is 0.233 e. The number of anilines is 2. The summed E-state index contributed by atoms with van der Waals surface area (Å²) in [7, 11) is 0. The molecule has 1 heterocycles. The number of carbonyl (C=O) groups is 1. The fourth-order valence-electron chi connectivity index (χ4n) is 2.13. The molecule has 2 aromatic carbocycles. The number of nitrogens with one attached hydrogen (secondary N) is 2. The van der Waals surface area contributed by atoms with Crippen LogP contribution in [0, 0.1) is 0 Å². The molecule has 134 valence electrons. The highest BCUT2D eigenvalue weighted by molar-refractivity contribution is 9.10. The molecular weight excluding hydrogens is 432 g/mol. The van der Waals surface area contributed by atoms with Crippen molar-refractivity contribution in [2.24, 2.45) is 0 Å². The van der Waals surface area contributed by atoms with Gasteiger partial charge in [0.05, 0.1) is 5.25 Å². The Labute approximate surface area is 168 Å². The molecule has 1 amide bonds. The van der Waals surface area contributed by atoms with Gasteiger partial charge < -0.3 is 10.6 Å². The van der Waals surface area contributed by atoms with Crippen LogP contribution in [0.4, 0.5) is 10.8 Å². The lowest BCUT2D eigenvalue weighted by atomic mass is 10.2. The summed E-state index contributed by atoms with van der Waals surface area (Å²) in [6.07, 6.45) is 0. The fraction of sp³-hybridized carbons (Fsp3) is 0.167. The highest BCUT2D eigenvalue weighted by Gasteiger charge is 2.17. The molecule has 2 N–H and O–H groups in total. The normalized spacial score (nSPS) is 11.8. The molecule has 1 aromatic heterocycles. The molecule has 3 aromatic rings. The van der Waals surface area contributed by atoms with Gasteiger partial charge in [-0.2, -0.15) is 0 Å². The standard InChI is InChI=1S/C18H17BrN4OS2/c1-12(16(24)20-11-13-6-3-2-4-7-13)25-18-23-22-17(26-18)21-15-9-5-8-14(19)10-15/h2-10,12H,11H2,1H3,(H,20,24)(H,21,22). The fourth-order valence-corrected chi connectivity index (χ4v) is 4.47. The number of rotatable bonds is 7. The Balaban J connectivity index is 1.52. The van der Waals surface area contributed by atoms with E-state index >= 15 is 0 Å². The third-order valence-corrected chi connectivity index (χ3v) is 5.95. The average Bonchev–Trinajstić information content (AvgIpc) is 3.07. The molecular formula is C18H17BrN4OS2. The van der Waals surface area contributed by atoms with E-state index in [9.17, 15) is 4.79 Å². The first-order chi connectivity index (χ1) is 12.6. The molecule has 3 rings (SSSR count). The Morgan fingerprint density at radius 3 is 2.77 bits per heavy atom. The van der Waals surface area contributed by atoms with E-state index in [0.29, 0.717) is 11.7 Å². The van der Waals surface area contributed by atoms with Crippen LogP contribution in [-0.4, -0.2) is 21.4 Å². The van der Waals surface area contributed by atoms with E-state index in [1.165, 1.54) is 23.1 Å². The van der Waals surface area contributed by atoms with Crippen LogP contribution in [0.1, 0.15) is 12.5 Å². The van der Waals surface area contributed by atoms with Crippen LogP contribution in [0.15, 0.2) is 63.4 Å². The molecule has 0 aliphatic heterocycles. The molecule has 26 heavy (non-hydrogen) atoms. The molecule has 1 unspecified atom stereocenters. The molecule has 0 saturated carbocycles. The van der Waals surface area contributed by atoms with Crippen molar-refractivity contribution in [3.8, 4) is 0 Å². The number of hydrogen-bond donors (Lipinski definition) is 2. The predicted octanol–water partition coefficient (Wildman–Crippen LogP) is 4.84. The molecule has 0 aliphatic carbocycles. The summed E-state index contributed by atoms with van der Waals surface area (Å²) in [6.45, 7) is 2.39. The summed E-state index contributed by atoms with van der Waals surface area (Å²) >= 11 is 6.27. The number of benzene rings is 2. The van der Waals surface area contributed by atoms with Crippen molar-refractivity contribution < 1.29 is 4.79 Å². The van der Waals surface area contributed by atoms with Gasteiger partial charge in [-0.1, -0.05) is 75.4 Å². The van der Waals surface area contributed by atoms with Gasteiger partial charge >= 0.3 is 0 Å². The van der Waals surface area contributed by atoms with E-state index in [2.05, 4.69) is 36.8 Å². The Morgan fingerprint density at radius 1 is 1.19 bits per heavy atom. The van der Waals surface area contributed by atoms with Crippen molar-refractivity contribution in [1.82, 2.24) is 15.5 Å². The van der Waals surface area contributed by atoms with Crippen molar-refractivity contribution in [3.63, 3.8) is 0 Å². The first-order valence-electron chi connectivity index (χ1n) is 7.94. The maximum absolute atomic E-state index is 12.3. The Kier molecular flexibility index (Phi) is 6.65. The summed E-state index contributed by atoms with van der Waals surface area (Å²) in [5.41, 5.74) is 2.01. The molecule has 0 radical (unpaired) electrons. The molecule has 0 spiro atoms. The van der Waals surface area contributed by atoms with Crippen molar-refractivity contribution in [3.05, 3.63) is 64.6 Å². The van der Waals surface area contributed by atoms with Gasteiger partial charge in [0.2, 0.25) is 11.0 Å². The number of carbonyl (C=O) groups excluding carboxylic acids is 1. The molecule has 0 bridgehead atoms. The highest BCUT2D eigenvalue weighted by Crippen LogP contribution is 2.30. The van der Waals surface area contributed by atoms with Crippen molar-refractivity contribution in [2.45, 2.75) is 23.1 Å². The van der Waals surface area contributed by atoms with Gasteiger partial charge in [-0.15, -0.1) is 10.2 Å². The summed E-state index contributed by atoms with van der Waals surface area (Å²) in [5, 5.41) is 14.9. The van der Waals surface area contributed by atoms with Crippen molar-refractivity contribution in [2.75, 3.05) is 5.32 Å². The maximum Gasteiger partial charge on any atom is 0.233 e. The van der Waals surface area contributed by atoms with E-state index in [1.807, 2.05) is 61.5 Å². The van der Waals surface area contributed by atoms with Crippen LogP contribution in [0.25, 0.3) is 0 Å². The third kappa shape index (κ3) is 5.55. The largest absolute Gasteiger partial charge is 0.351 e. The number of aromatic nitrogens is 2. The van der Waals surface area contributed by atoms with Gasteiger partial charge in [0, 0.05) is 16.7 Å². The zero-order chi connectivity index (χ0) is 18.4. The maximum atomic E-state index is 12.3. The number of nitrogens with zero attached hydrogens (tertiary/aromatic N) is 2. The number of amides is 1. The van der Waals surface area contributed by atoms with E-state index in [-0.39, 0.29) is 11.2 Å². The Bertz CT molecular complexity index is 872. The molecule has 0 saturated heterocycles.